The zero-order valence-corrected chi connectivity index (χ0v) is 29.6. The molecule has 10 aromatic rings. The molecule has 0 saturated heterocycles. The number of hydrogen-bond donors (Lipinski definition) is 0. The molecule has 0 saturated carbocycles. The van der Waals surface area contributed by atoms with Crippen molar-refractivity contribution in [1.29, 1.82) is 0 Å². The number of furan rings is 1. The third-order valence-electron chi connectivity index (χ3n) is 10.5. The van der Waals surface area contributed by atoms with Crippen LogP contribution in [0.25, 0.3) is 77.2 Å². The Bertz CT molecular complexity index is 2880. The average Bonchev–Trinajstić information content (AvgIpc) is 3.64. The summed E-state index contributed by atoms with van der Waals surface area (Å²) in [5, 5.41) is 4.69. The SMILES string of the molecule is c1ccc(-c2ccc(-c3c(N(c4ccc(-c5ccccc5)cc4)c4ccc(-c5cccc6ccccc56)cc4)ccc4oc5ccccc5c34)cc2)cc1. The Morgan fingerprint density at radius 2 is 0.815 bits per heavy atom. The minimum atomic E-state index is 0.868. The van der Waals surface area contributed by atoms with Gasteiger partial charge in [0.2, 0.25) is 0 Å². The van der Waals surface area contributed by atoms with Gasteiger partial charge >= 0.3 is 0 Å². The van der Waals surface area contributed by atoms with Crippen molar-refractivity contribution in [2.75, 3.05) is 4.90 Å². The second kappa shape index (κ2) is 13.4. The maximum Gasteiger partial charge on any atom is 0.136 e. The van der Waals surface area contributed by atoms with E-state index in [0.717, 1.165) is 50.1 Å². The van der Waals surface area contributed by atoms with Crippen LogP contribution in [0.2, 0.25) is 0 Å². The van der Waals surface area contributed by atoms with Crippen LogP contribution in [0, 0.1) is 0 Å². The van der Waals surface area contributed by atoms with Crippen molar-refractivity contribution in [3.05, 3.63) is 212 Å². The van der Waals surface area contributed by atoms with Crippen LogP contribution < -0.4 is 4.90 Å². The van der Waals surface area contributed by atoms with Gasteiger partial charge in [-0.15, -0.1) is 0 Å². The van der Waals surface area contributed by atoms with Gasteiger partial charge in [0, 0.05) is 27.7 Å². The van der Waals surface area contributed by atoms with Gasteiger partial charge in [-0.2, -0.15) is 0 Å². The molecule has 0 fully saturated rings. The van der Waals surface area contributed by atoms with Gasteiger partial charge in [0.1, 0.15) is 11.2 Å². The van der Waals surface area contributed by atoms with Crippen molar-refractivity contribution in [3.8, 4) is 44.5 Å². The second-order valence-electron chi connectivity index (χ2n) is 13.7. The zero-order chi connectivity index (χ0) is 35.8. The summed E-state index contributed by atoms with van der Waals surface area (Å²) in [6.07, 6.45) is 0. The fourth-order valence-electron chi connectivity index (χ4n) is 7.87. The van der Waals surface area contributed by atoms with Gasteiger partial charge in [-0.05, 0) is 92.2 Å². The Morgan fingerprint density at radius 1 is 0.315 bits per heavy atom. The lowest BCUT2D eigenvalue weighted by Crippen LogP contribution is -2.11. The molecule has 0 spiro atoms. The molecule has 54 heavy (non-hydrogen) atoms. The predicted molar refractivity (Wildman–Crippen MR) is 228 cm³/mol. The first-order valence-electron chi connectivity index (χ1n) is 18.4. The van der Waals surface area contributed by atoms with Crippen LogP contribution in [0.1, 0.15) is 0 Å². The zero-order valence-electron chi connectivity index (χ0n) is 29.6. The van der Waals surface area contributed by atoms with Gasteiger partial charge in [0.15, 0.2) is 0 Å². The molecule has 9 aromatic carbocycles. The third kappa shape index (κ3) is 5.62. The fraction of sp³-hybridized carbons (Fsp3) is 0. The summed E-state index contributed by atoms with van der Waals surface area (Å²) in [6.45, 7) is 0. The standard InChI is InChI=1S/C52H35NO/c1-3-12-36(13-4-1)38-22-24-42(25-23-38)51-48(34-35-50-52(51)47-19-9-10-21-49(47)54-50)53(43-30-26-39(27-31-43)37-14-5-2-6-15-37)44-32-28-41(29-33-44)46-20-11-17-40-16-7-8-18-45(40)46/h1-35H. The number of fused-ring (bicyclic) bond motifs is 4. The second-order valence-corrected chi connectivity index (χ2v) is 13.7. The Morgan fingerprint density at radius 3 is 1.48 bits per heavy atom. The van der Waals surface area contributed by atoms with E-state index in [1.54, 1.807) is 0 Å². The number of para-hydroxylation sites is 1. The molecule has 1 heterocycles. The lowest BCUT2D eigenvalue weighted by molar-refractivity contribution is 0.669. The van der Waals surface area contributed by atoms with Crippen molar-refractivity contribution >= 4 is 49.8 Å². The van der Waals surface area contributed by atoms with E-state index < -0.39 is 0 Å². The molecule has 0 amide bonds. The highest BCUT2D eigenvalue weighted by Gasteiger charge is 2.23. The van der Waals surface area contributed by atoms with Crippen molar-refractivity contribution < 1.29 is 4.42 Å². The minimum absolute atomic E-state index is 0.868. The van der Waals surface area contributed by atoms with Crippen molar-refractivity contribution in [2.45, 2.75) is 0 Å². The molecule has 0 aliphatic heterocycles. The van der Waals surface area contributed by atoms with E-state index in [1.165, 1.54) is 44.2 Å². The lowest BCUT2D eigenvalue weighted by atomic mass is 9.94. The quantitative estimate of drug-likeness (QED) is 0.166. The molecule has 0 bridgehead atoms. The Hall–Kier alpha value is -7.16. The topological polar surface area (TPSA) is 16.4 Å². The van der Waals surface area contributed by atoms with E-state index in [1.807, 2.05) is 6.07 Å². The molecular formula is C52H35NO. The van der Waals surface area contributed by atoms with Crippen LogP contribution in [-0.4, -0.2) is 0 Å². The third-order valence-corrected chi connectivity index (χ3v) is 10.5. The summed E-state index contributed by atoms with van der Waals surface area (Å²) >= 11 is 0. The number of nitrogens with zero attached hydrogens (tertiary/aromatic N) is 1. The molecule has 0 aliphatic carbocycles. The molecule has 0 aliphatic rings. The van der Waals surface area contributed by atoms with Gasteiger partial charge in [0.05, 0.1) is 5.69 Å². The Kier molecular flexibility index (Phi) is 7.85. The maximum absolute atomic E-state index is 6.50. The van der Waals surface area contributed by atoms with Gasteiger partial charge in [-0.3, -0.25) is 0 Å². The summed E-state index contributed by atoms with van der Waals surface area (Å²) in [5.74, 6) is 0. The average molecular weight is 690 g/mol. The van der Waals surface area contributed by atoms with E-state index in [2.05, 4.69) is 211 Å². The van der Waals surface area contributed by atoms with E-state index in [-0.39, 0.29) is 0 Å². The van der Waals surface area contributed by atoms with Crippen molar-refractivity contribution in [1.82, 2.24) is 0 Å². The highest BCUT2D eigenvalue weighted by molar-refractivity contribution is 6.16. The molecule has 1 aromatic heterocycles. The van der Waals surface area contributed by atoms with Gasteiger partial charge in [-0.25, -0.2) is 0 Å². The molecule has 0 N–H and O–H groups in total. The highest BCUT2D eigenvalue weighted by Crippen LogP contribution is 2.48. The number of benzene rings is 9. The fourth-order valence-corrected chi connectivity index (χ4v) is 7.87. The highest BCUT2D eigenvalue weighted by atomic mass is 16.3. The van der Waals surface area contributed by atoms with E-state index in [0.29, 0.717) is 0 Å². The van der Waals surface area contributed by atoms with Crippen LogP contribution in [0.5, 0.6) is 0 Å². The lowest BCUT2D eigenvalue weighted by Gasteiger charge is -2.29. The van der Waals surface area contributed by atoms with Crippen LogP contribution in [0.15, 0.2) is 217 Å². The van der Waals surface area contributed by atoms with Crippen molar-refractivity contribution in [3.63, 3.8) is 0 Å². The maximum atomic E-state index is 6.50. The number of anilines is 3. The van der Waals surface area contributed by atoms with Gasteiger partial charge < -0.3 is 9.32 Å². The first-order valence-corrected chi connectivity index (χ1v) is 18.4. The number of hydrogen-bond acceptors (Lipinski definition) is 2. The first-order chi connectivity index (χ1) is 26.8. The number of rotatable bonds is 7. The molecular weight excluding hydrogens is 655 g/mol. The van der Waals surface area contributed by atoms with Gasteiger partial charge in [0.25, 0.3) is 0 Å². The summed E-state index contributed by atoms with van der Waals surface area (Å²) in [4.78, 5) is 2.39. The van der Waals surface area contributed by atoms with E-state index >= 15 is 0 Å². The van der Waals surface area contributed by atoms with Crippen LogP contribution in [0.3, 0.4) is 0 Å². The van der Waals surface area contributed by atoms with Crippen molar-refractivity contribution in [2.24, 2.45) is 0 Å². The summed E-state index contributed by atoms with van der Waals surface area (Å²) in [7, 11) is 0. The largest absolute Gasteiger partial charge is 0.456 e. The van der Waals surface area contributed by atoms with Gasteiger partial charge in [-0.1, -0.05) is 170 Å². The smallest absolute Gasteiger partial charge is 0.136 e. The molecule has 0 radical (unpaired) electrons. The summed E-state index contributed by atoms with van der Waals surface area (Å²) in [6, 6.07) is 75.9. The molecule has 0 unspecified atom stereocenters. The molecule has 0 atom stereocenters. The predicted octanol–water partition coefficient (Wildman–Crippen LogP) is 14.9. The molecule has 10 rings (SSSR count). The monoisotopic (exact) mass is 689 g/mol. The first kappa shape index (κ1) is 31.6. The van der Waals surface area contributed by atoms with Crippen LogP contribution in [-0.2, 0) is 0 Å². The van der Waals surface area contributed by atoms with Crippen LogP contribution >= 0.6 is 0 Å². The molecule has 2 heteroatoms. The van der Waals surface area contributed by atoms with E-state index in [9.17, 15) is 0 Å². The summed E-state index contributed by atoms with van der Waals surface area (Å²) < 4.78 is 6.50. The normalized spacial score (nSPS) is 11.3. The Balaban J connectivity index is 1.18. The van der Waals surface area contributed by atoms with Crippen LogP contribution in [0.4, 0.5) is 17.1 Å². The minimum Gasteiger partial charge on any atom is -0.456 e. The van der Waals surface area contributed by atoms with E-state index in [4.69, 9.17) is 4.42 Å². The Labute approximate surface area is 314 Å². The summed E-state index contributed by atoms with van der Waals surface area (Å²) in [5.41, 5.74) is 14.4. The molecule has 2 nitrogen and oxygen atoms in total. The molecule has 254 valence electrons.